The molecule has 0 aromatic heterocycles. The Morgan fingerprint density at radius 3 is 1.81 bits per heavy atom. The maximum Gasteiger partial charge on any atom is 0.402 e. The van der Waals surface area contributed by atoms with Gasteiger partial charge < -0.3 is 0 Å². The highest BCUT2D eigenvalue weighted by Crippen LogP contribution is 2.43. The van der Waals surface area contributed by atoms with E-state index in [1.165, 1.54) is 6.92 Å². The summed E-state index contributed by atoms with van der Waals surface area (Å²) >= 11 is 0. The molecular weight excluding hydrogens is 240 g/mol. The van der Waals surface area contributed by atoms with E-state index in [1.54, 1.807) is 0 Å². The smallest absolute Gasteiger partial charge is 0.211 e. The third-order valence-corrected chi connectivity index (χ3v) is 1.89. The molecule has 0 aromatic carbocycles. The largest absolute Gasteiger partial charge is 0.402 e. The first-order chi connectivity index (χ1) is 7.14. The van der Waals surface area contributed by atoms with Gasteiger partial charge in [-0.05, 0) is 6.42 Å². The van der Waals surface area contributed by atoms with E-state index in [1.807, 2.05) is 0 Å². The maximum atomic E-state index is 12.2. The Morgan fingerprint density at radius 2 is 1.56 bits per heavy atom. The minimum atomic E-state index is -5.47. The van der Waals surface area contributed by atoms with Gasteiger partial charge in [0.25, 0.3) is 0 Å². The predicted molar refractivity (Wildman–Crippen MR) is 42.4 cm³/mol. The summed E-state index contributed by atoms with van der Waals surface area (Å²) in [6.07, 6.45) is -10.6. The minimum absolute atomic E-state index is 0.0541. The van der Waals surface area contributed by atoms with Crippen molar-refractivity contribution < 1.29 is 31.1 Å². The third kappa shape index (κ3) is 4.22. The lowest BCUT2D eigenvalue weighted by molar-refractivity contribution is -0.289. The number of rotatable bonds is 4. The molecule has 94 valence electrons. The fourth-order valence-electron chi connectivity index (χ4n) is 1.29. The van der Waals surface area contributed by atoms with Crippen LogP contribution in [-0.4, -0.2) is 24.5 Å². The standard InChI is InChI=1S/C8H9F6NO/c1-2-3-5(15-4-16)6(7(9,10)11)8(12,13)14/h5-6H,2-3H2,1H3. The first-order valence-electron chi connectivity index (χ1n) is 4.35. The molecule has 0 heterocycles. The van der Waals surface area contributed by atoms with Crippen molar-refractivity contribution in [1.29, 1.82) is 0 Å². The minimum Gasteiger partial charge on any atom is -0.211 e. The molecule has 0 saturated carbocycles. The summed E-state index contributed by atoms with van der Waals surface area (Å²) < 4.78 is 73.2. The van der Waals surface area contributed by atoms with Crippen molar-refractivity contribution in [2.45, 2.75) is 38.2 Å². The van der Waals surface area contributed by atoms with Crippen LogP contribution in [0.5, 0.6) is 0 Å². The second-order valence-electron chi connectivity index (χ2n) is 3.14. The summed E-state index contributed by atoms with van der Waals surface area (Å²) in [5.74, 6) is -3.61. The van der Waals surface area contributed by atoms with E-state index < -0.39 is 30.7 Å². The first kappa shape index (κ1) is 15.0. The van der Waals surface area contributed by atoms with Crippen molar-refractivity contribution in [3.8, 4) is 0 Å². The van der Waals surface area contributed by atoms with Crippen molar-refractivity contribution in [3.63, 3.8) is 0 Å². The fraction of sp³-hybridized carbons (Fsp3) is 0.875. The van der Waals surface area contributed by atoms with E-state index in [-0.39, 0.29) is 6.42 Å². The lowest BCUT2D eigenvalue weighted by Crippen LogP contribution is -2.44. The molecule has 0 aliphatic carbocycles. The fourth-order valence-corrected chi connectivity index (χ4v) is 1.29. The Morgan fingerprint density at radius 1 is 1.12 bits per heavy atom. The molecule has 1 atom stereocenters. The molecule has 0 bridgehead atoms. The van der Waals surface area contributed by atoms with Crippen LogP contribution in [0.4, 0.5) is 26.3 Å². The normalized spacial score (nSPS) is 14.8. The van der Waals surface area contributed by atoms with Gasteiger partial charge in [0.05, 0.1) is 6.04 Å². The van der Waals surface area contributed by atoms with E-state index in [4.69, 9.17) is 0 Å². The molecular formula is C8H9F6NO. The Balaban J connectivity index is 5.21. The van der Waals surface area contributed by atoms with E-state index >= 15 is 0 Å². The maximum absolute atomic E-state index is 12.2. The van der Waals surface area contributed by atoms with Crippen LogP contribution in [0.15, 0.2) is 4.99 Å². The molecule has 16 heavy (non-hydrogen) atoms. The summed E-state index contributed by atoms with van der Waals surface area (Å²) in [6.45, 7) is 1.40. The molecule has 8 heteroatoms. The van der Waals surface area contributed by atoms with Crippen molar-refractivity contribution >= 4 is 6.08 Å². The molecule has 0 aliphatic rings. The number of aliphatic imine (C=N–C) groups is 1. The van der Waals surface area contributed by atoms with E-state index in [0.29, 0.717) is 0 Å². The lowest BCUT2D eigenvalue weighted by Gasteiger charge is -2.27. The Hall–Kier alpha value is -1.04. The summed E-state index contributed by atoms with van der Waals surface area (Å²) in [4.78, 5) is 12.4. The third-order valence-electron chi connectivity index (χ3n) is 1.89. The van der Waals surface area contributed by atoms with Crippen LogP contribution >= 0.6 is 0 Å². The highest BCUT2D eigenvalue weighted by molar-refractivity contribution is 5.33. The van der Waals surface area contributed by atoms with Gasteiger partial charge >= 0.3 is 12.4 Å². The van der Waals surface area contributed by atoms with Gasteiger partial charge in [-0.2, -0.15) is 26.3 Å². The molecule has 1 unspecified atom stereocenters. The lowest BCUT2D eigenvalue weighted by atomic mass is 9.95. The second-order valence-corrected chi connectivity index (χ2v) is 3.14. The van der Waals surface area contributed by atoms with Crippen molar-refractivity contribution in [3.05, 3.63) is 0 Å². The Labute approximate surface area is 87.3 Å². The highest BCUT2D eigenvalue weighted by Gasteiger charge is 2.60. The summed E-state index contributed by atoms with van der Waals surface area (Å²) in [5.41, 5.74) is 0. The number of carbonyl (C=O) groups excluding carboxylic acids is 1. The second kappa shape index (κ2) is 5.34. The van der Waals surface area contributed by atoms with E-state index in [9.17, 15) is 31.1 Å². The molecule has 0 fully saturated rings. The zero-order chi connectivity index (χ0) is 13.0. The molecule has 0 spiro atoms. The van der Waals surface area contributed by atoms with Gasteiger partial charge in [0.2, 0.25) is 6.08 Å². The number of halogens is 6. The number of alkyl halides is 6. The monoisotopic (exact) mass is 249 g/mol. The van der Waals surface area contributed by atoms with Crippen molar-refractivity contribution in [1.82, 2.24) is 0 Å². The number of nitrogens with zero attached hydrogens (tertiary/aromatic N) is 1. The molecule has 0 saturated heterocycles. The van der Waals surface area contributed by atoms with Crippen LogP contribution in [-0.2, 0) is 4.79 Å². The predicted octanol–water partition coefficient (Wildman–Crippen LogP) is 3.23. The van der Waals surface area contributed by atoms with Crippen LogP contribution < -0.4 is 0 Å². The average molecular weight is 249 g/mol. The number of isocyanates is 1. The number of hydrogen-bond acceptors (Lipinski definition) is 2. The SMILES string of the molecule is CCCC(N=C=O)C(C(F)(F)F)C(F)(F)F. The topological polar surface area (TPSA) is 29.4 Å². The summed E-state index contributed by atoms with van der Waals surface area (Å²) in [5, 5.41) is 0. The molecule has 0 radical (unpaired) electrons. The molecule has 2 nitrogen and oxygen atoms in total. The zero-order valence-electron chi connectivity index (χ0n) is 8.19. The van der Waals surface area contributed by atoms with Crippen molar-refractivity contribution in [2.75, 3.05) is 0 Å². The number of hydrogen-bond donors (Lipinski definition) is 0. The summed E-state index contributed by atoms with van der Waals surface area (Å²) in [6, 6.07) is -2.15. The van der Waals surface area contributed by atoms with Crippen molar-refractivity contribution in [2.24, 2.45) is 10.9 Å². The van der Waals surface area contributed by atoms with Crippen LogP contribution in [0.25, 0.3) is 0 Å². The summed E-state index contributed by atoms with van der Waals surface area (Å²) in [7, 11) is 0. The first-order valence-corrected chi connectivity index (χ1v) is 4.35. The quantitative estimate of drug-likeness (QED) is 0.427. The molecule has 0 aromatic rings. The van der Waals surface area contributed by atoms with Gasteiger partial charge in [0.15, 0.2) is 5.92 Å². The Bertz CT molecular complexity index is 251. The highest BCUT2D eigenvalue weighted by atomic mass is 19.4. The zero-order valence-corrected chi connectivity index (χ0v) is 8.19. The van der Waals surface area contributed by atoms with Gasteiger partial charge in [-0.25, -0.2) is 9.79 Å². The molecule has 0 aliphatic heterocycles. The van der Waals surface area contributed by atoms with E-state index in [0.717, 1.165) is 6.08 Å². The van der Waals surface area contributed by atoms with Gasteiger partial charge in [-0.3, -0.25) is 0 Å². The van der Waals surface area contributed by atoms with Gasteiger partial charge in [-0.15, -0.1) is 0 Å². The van der Waals surface area contributed by atoms with Crippen LogP contribution in [0, 0.1) is 5.92 Å². The molecule has 0 rings (SSSR count). The van der Waals surface area contributed by atoms with Gasteiger partial charge in [0, 0.05) is 0 Å². The molecule has 0 amide bonds. The molecule has 0 N–H and O–H groups in total. The van der Waals surface area contributed by atoms with E-state index in [2.05, 4.69) is 4.99 Å². The average Bonchev–Trinajstić information content (AvgIpc) is 1.99. The van der Waals surface area contributed by atoms with Crippen LogP contribution in [0.1, 0.15) is 19.8 Å². The van der Waals surface area contributed by atoms with Crippen LogP contribution in [0.2, 0.25) is 0 Å². The van der Waals surface area contributed by atoms with Crippen LogP contribution in [0.3, 0.4) is 0 Å². The van der Waals surface area contributed by atoms with Gasteiger partial charge in [0.1, 0.15) is 0 Å². The van der Waals surface area contributed by atoms with Gasteiger partial charge in [-0.1, -0.05) is 13.3 Å². The Kier molecular flexibility index (Phi) is 4.99.